The number of hydrogen-bond acceptors (Lipinski definition) is 6. The smallest absolute Gasteiger partial charge is 0.279 e. The number of nitriles is 1. The maximum absolute atomic E-state index is 11.8. The zero-order chi connectivity index (χ0) is 17.5. The highest BCUT2D eigenvalue weighted by Crippen LogP contribution is 2.17. The Kier molecular flexibility index (Phi) is 5.65. The Morgan fingerprint density at radius 2 is 1.83 bits per heavy atom. The van der Waals surface area contributed by atoms with Gasteiger partial charge in [-0.1, -0.05) is 12.1 Å². The Balaban J connectivity index is 1.83. The lowest BCUT2D eigenvalue weighted by Crippen LogP contribution is -2.43. The van der Waals surface area contributed by atoms with Gasteiger partial charge in [-0.2, -0.15) is 5.26 Å². The largest absolute Gasteiger partial charge is 0.482 e. The molecule has 7 nitrogen and oxygen atoms in total. The summed E-state index contributed by atoms with van der Waals surface area (Å²) in [7, 11) is 0. The summed E-state index contributed by atoms with van der Waals surface area (Å²) in [5.74, 6) is -0.962. The average molecular weight is 343 g/mol. The molecule has 0 radical (unpaired) electrons. The highest BCUT2D eigenvalue weighted by atomic mass is 32.1. The summed E-state index contributed by atoms with van der Waals surface area (Å²) in [5.41, 5.74) is 4.74. The Bertz CT molecular complexity index is 823. The first-order chi connectivity index (χ1) is 11.5. The molecule has 0 saturated carbocycles. The van der Waals surface area contributed by atoms with Gasteiger partial charge in [0.15, 0.2) is 12.4 Å². The van der Waals surface area contributed by atoms with Crippen molar-refractivity contribution in [3.63, 3.8) is 0 Å². The van der Waals surface area contributed by atoms with Crippen molar-refractivity contribution in [2.45, 2.75) is 6.92 Å². The predicted octanol–water partition coefficient (Wildman–Crippen LogP) is 1.66. The van der Waals surface area contributed by atoms with Gasteiger partial charge < -0.3 is 4.74 Å². The molecule has 0 aliphatic rings. The van der Waals surface area contributed by atoms with Crippen molar-refractivity contribution in [1.29, 1.82) is 5.26 Å². The van der Waals surface area contributed by atoms with Crippen LogP contribution in [0.2, 0.25) is 0 Å². The molecule has 0 spiro atoms. The number of carbonyl (C=O) groups excluding carboxylic acids is 3. The van der Waals surface area contributed by atoms with Gasteiger partial charge in [-0.05, 0) is 31.2 Å². The summed E-state index contributed by atoms with van der Waals surface area (Å²) in [6, 6.07) is 11.5. The van der Waals surface area contributed by atoms with E-state index in [1.807, 2.05) is 6.07 Å². The number of ketones is 1. The molecule has 0 saturated heterocycles. The van der Waals surface area contributed by atoms with Gasteiger partial charge in [0, 0.05) is 0 Å². The van der Waals surface area contributed by atoms with Crippen molar-refractivity contribution in [3.05, 3.63) is 51.7 Å². The molecular formula is C16H13N3O4S. The van der Waals surface area contributed by atoms with Crippen molar-refractivity contribution in [1.82, 2.24) is 10.9 Å². The lowest BCUT2D eigenvalue weighted by molar-refractivity contribution is -0.123. The number of carbonyl (C=O) groups is 3. The highest BCUT2D eigenvalue weighted by molar-refractivity contribution is 7.15. The van der Waals surface area contributed by atoms with Crippen LogP contribution >= 0.6 is 11.3 Å². The third kappa shape index (κ3) is 4.41. The van der Waals surface area contributed by atoms with E-state index in [-0.39, 0.29) is 18.1 Å². The van der Waals surface area contributed by atoms with Gasteiger partial charge in [-0.25, -0.2) is 0 Å². The number of nitrogens with one attached hydrogen (secondary N) is 2. The molecule has 1 heterocycles. The van der Waals surface area contributed by atoms with Gasteiger partial charge in [-0.3, -0.25) is 25.2 Å². The number of para-hydroxylation sites is 1. The van der Waals surface area contributed by atoms with Crippen molar-refractivity contribution in [3.8, 4) is 11.8 Å². The van der Waals surface area contributed by atoms with Crippen LogP contribution in [-0.4, -0.2) is 24.2 Å². The second-order valence-electron chi connectivity index (χ2n) is 4.62. The van der Waals surface area contributed by atoms with E-state index in [4.69, 9.17) is 10.00 Å². The molecule has 0 aliphatic carbocycles. The topological polar surface area (TPSA) is 108 Å². The molecule has 0 atom stereocenters. The molecule has 1 aromatic heterocycles. The summed E-state index contributed by atoms with van der Waals surface area (Å²) >= 11 is 1.04. The Morgan fingerprint density at radius 1 is 1.12 bits per heavy atom. The lowest BCUT2D eigenvalue weighted by Gasteiger charge is -2.09. The SMILES string of the molecule is CC(=O)c1ccc(C(=O)NNC(=O)COc2ccccc2C#N)s1. The fraction of sp³-hybridized carbons (Fsp3) is 0.125. The fourth-order valence-corrected chi connectivity index (χ4v) is 2.50. The fourth-order valence-electron chi connectivity index (χ4n) is 1.70. The van der Waals surface area contributed by atoms with Gasteiger partial charge in [0.1, 0.15) is 11.8 Å². The van der Waals surface area contributed by atoms with E-state index in [1.165, 1.54) is 13.0 Å². The quantitative estimate of drug-likeness (QED) is 0.634. The molecule has 2 N–H and O–H groups in total. The van der Waals surface area contributed by atoms with Crippen molar-refractivity contribution < 1.29 is 19.1 Å². The number of benzene rings is 1. The van der Waals surface area contributed by atoms with Crippen LogP contribution in [0.5, 0.6) is 5.75 Å². The van der Waals surface area contributed by atoms with E-state index < -0.39 is 11.8 Å². The molecule has 0 unspecified atom stereocenters. The third-order valence-corrected chi connectivity index (χ3v) is 4.04. The van der Waals surface area contributed by atoms with Crippen molar-refractivity contribution in [2.24, 2.45) is 0 Å². The van der Waals surface area contributed by atoms with Gasteiger partial charge in [-0.15, -0.1) is 11.3 Å². The molecule has 24 heavy (non-hydrogen) atoms. The molecule has 0 aliphatic heterocycles. The number of nitrogens with zero attached hydrogens (tertiary/aromatic N) is 1. The number of rotatable bonds is 5. The molecule has 0 bridgehead atoms. The van der Waals surface area contributed by atoms with E-state index in [1.54, 1.807) is 30.3 Å². The first kappa shape index (κ1) is 17.2. The van der Waals surface area contributed by atoms with Gasteiger partial charge in [0.05, 0.1) is 15.3 Å². The van der Waals surface area contributed by atoms with Gasteiger partial charge in [0.2, 0.25) is 0 Å². The first-order valence-corrected chi connectivity index (χ1v) is 7.65. The second-order valence-corrected chi connectivity index (χ2v) is 5.70. The molecule has 2 rings (SSSR count). The van der Waals surface area contributed by atoms with Crippen LogP contribution in [0.25, 0.3) is 0 Å². The summed E-state index contributed by atoms with van der Waals surface area (Å²) in [5, 5.41) is 8.92. The number of ether oxygens (including phenoxy) is 1. The molecule has 0 fully saturated rings. The number of amides is 2. The minimum absolute atomic E-state index is 0.132. The standard InChI is InChI=1S/C16H13N3O4S/c1-10(20)13-6-7-14(24-13)16(22)19-18-15(21)9-23-12-5-3-2-4-11(12)8-17/h2-7H,9H2,1H3,(H,18,21)(H,19,22). The van der Waals surface area contributed by atoms with E-state index >= 15 is 0 Å². The van der Waals surface area contributed by atoms with Crippen LogP contribution in [0.4, 0.5) is 0 Å². The minimum atomic E-state index is -0.584. The molecular weight excluding hydrogens is 330 g/mol. The average Bonchev–Trinajstić information content (AvgIpc) is 3.08. The summed E-state index contributed by atoms with van der Waals surface area (Å²) in [6.45, 7) is 1.05. The zero-order valence-electron chi connectivity index (χ0n) is 12.7. The van der Waals surface area contributed by atoms with E-state index in [0.717, 1.165) is 11.3 Å². The van der Waals surface area contributed by atoms with Crippen molar-refractivity contribution >= 4 is 28.9 Å². The number of Topliss-reactive ketones (excluding diaryl/α,β-unsaturated/α-hetero) is 1. The van der Waals surface area contributed by atoms with Crippen LogP contribution < -0.4 is 15.6 Å². The van der Waals surface area contributed by atoms with Crippen LogP contribution in [0, 0.1) is 11.3 Å². The summed E-state index contributed by atoms with van der Waals surface area (Å²) in [4.78, 5) is 35.5. The normalized spacial score (nSPS) is 9.67. The zero-order valence-corrected chi connectivity index (χ0v) is 13.5. The van der Waals surface area contributed by atoms with E-state index in [9.17, 15) is 14.4 Å². The molecule has 2 aromatic rings. The van der Waals surface area contributed by atoms with Crippen LogP contribution in [0.15, 0.2) is 36.4 Å². The maximum Gasteiger partial charge on any atom is 0.279 e. The summed E-state index contributed by atoms with van der Waals surface area (Å²) in [6.07, 6.45) is 0. The van der Waals surface area contributed by atoms with E-state index in [2.05, 4.69) is 10.9 Å². The third-order valence-electron chi connectivity index (χ3n) is 2.86. The number of hydrogen-bond donors (Lipinski definition) is 2. The summed E-state index contributed by atoms with van der Waals surface area (Å²) < 4.78 is 5.24. The number of hydrazine groups is 1. The van der Waals surface area contributed by atoms with Crippen LogP contribution in [-0.2, 0) is 4.79 Å². The Hall–Kier alpha value is -3.18. The van der Waals surface area contributed by atoms with Gasteiger partial charge >= 0.3 is 0 Å². The minimum Gasteiger partial charge on any atom is -0.482 e. The molecule has 122 valence electrons. The maximum atomic E-state index is 11.8. The van der Waals surface area contributed by atoms with Crippen LogP contribution in [0.3, 0.4) is 0 Å². The molecule has 1 aromatic carbocycles. The first-order valence-electron chi connectivity index (χ1n) is 6.83. The van der Waals surface area contributed by atoms with Crippen molar-refractivity contribution in [2.75, 3.05) is 6.61 Å². The van der Waals surface area contributed by atoms with Crippen LogP contribution in [0.1, 0.15) is 31.8 Å². The second kappa shape index (κ2) is 7.89. The Morgan fingerprint density at radius 3 is 2.50 bits per heavy atom. The highest BCUT2D eigenvalue weighted by Gasteiger charge is 2.12. The van der Waals surface area contributed by atoms with E-state index in [0.29, 0.717) is 15.3 Å². The van der Waals surface area contributed by atoms with Gasteiger partial charge in [0.25, 0.3) is 11.8 Å². The number of thiophene rings is 1. The Labute approximate surface area is 141 Å². The monoisotopic (exact) mass is 343 g/mol. The lowest BCUT2D eigenvalue weighted by atomic mass is 10.2. The molecule has 2 amide bonds. The predicted molar refractivity (Wildman–Crippen MR) is 86.6 cm³/mol. The molecule has 8 heteroatoms.